The van der Waals surface area contributed by atoms with Crippen LogP contribution in [-0.2, 0) is 4.74 Å². The Morgan fingerprint density at radius 1 is 1.25 bits per heavy atom. The third-order valence-corrected chi connectivity index (χ3v) is 6.48. The Bertz CT molecular complexity index is 672. The lowest BCUT2D eigenvalue weighted by atomic mass is 10.1. The van der Waals surface area contributed by atoms with E-state index in [9.17, 15) is 0 Å². The minimum absolute atomic E-state index is 0. The van der Waals surface area contributed by atoms with Gasteiger partial charge in [0.2, 0.25) is 0 Å². The lowest BCUT2D eigenvalue weighted by Gasteiger charge is -2.34. The fourth-order valence-electron chi connectivity index (χ4n) is 3.20. The average Bonchev–Trinajstić information content (AvgIpc) is 3.41. The van der Waals surface area contributed by atoms with Crippen LogP contribution in [0, 0.1) is 0 Å². The Hall–Kier alpha value is -0.680. The topological polar surface area (TPSA) is 48.9 Å². The van der Waals surface area contributed by atoms with Crippen LogP contribution in [-0.4, -0.2) is 56.8 Å². The van der Waals surface area contributed by atoms with Gasteiger partial charge < -0.3 is 15.4 Å². The molecule has 2 aromatic rings. The number of hydrogen-bond acceptors (Lipinski definition) is 5. The molecule has 1 aliphatic heterocycles. The molecule has 28 heavy (non-hydrogen) atoms. The summed E-state index contributed by atoms with van der Waals surface area (Å²) in [6.45, 7) is 10.4. The molecule has 2 unspecified atom stereocenters. The average molecular weight is 535 g/mol. The van der Waals surface area contributed by atoms with Gasteiger partial charge in [-0.3, -0.25) is 9.89 Å². The van der Waals surface area contributed by atoms with Crippen molar-refractivity contribution in [3.05, 3.63) is 44.8 Å². The third-order valence-electron chi connectivity index (χ3n) is 4.80. The number of thiophene rings is 2. The van der Waals surface area contributed by atoms with Gasteiger partial charge in [-0.1, -0.05) is 13.0 Å². The van der Waals surface area contributed by atoms with Crippen molar-refractivity contribution in [3.63, 3.8) is 0 Å². The van der Waals surface area contributed by atoms with Crippen LogP contribution >= 0.6 is 46.7 Å². The Balaban J connectivity index is 0.00000280. The Morgan fingerprint density at radius 3 is 2.71 bits per heavy atom. The summed E-state index contributed by atoms with van der Waals surface area (Å²) in [7, 11) is 0. The predicted molar refractivity (Wildman–Crippen MR) is 132 cm³/mol. The molecular weight excluding hydrogens is 503 g/mol. The number of hydrogen-bond donors (Lipinski definition) is 2. The fraction of sp³-hybridized carbons (Fsp3) is 0.550. The molecule has 1 aliphatic rings. The van der Waals surface area contributed by atoms with E-state index in [2.05, 4.69) is 63.7 Å². The van der Waals surface area contributed by atoms with Crippen molar-refractivity contribution in [1.29, 1.82) is 0 Å². The van der Waals surface area contributed by atoms with Gasteiger partial charge in [-0.2, -0.15) is 11.3 Å². The van der Waals surface area contributed by atoms with E-state index >= 15 is 0 Å². The van der Waals surface area contributed by atoms with E-state index in [0.29, 0.717) is 12.0 Å². The van der Waals surface area contributed by atoms with Crippen LogP contribution in [0.25, 0.3) is 0 Å². The maximum atomic E-state index is 5.54. The molecule has 2 N–H and O–H groups in total. The lowest BCUT2D eigenvalue weighted by molar-refractivity contribution is 0.0177. The smallest absolute Gasteiger partial charge is 0.191 e. The predicted octanol–water partition coefficient (Wildman–Crippen LogP) is 4.16. The molecule has 0 aliphatic carbocycles. The highest BCUT2D eigenvalue weighted by atomic mass is 127. The molecule has 0 radical (unpaired) electrons. The standard InChI is InChI=1S/C20H30N4OS2.HI/c1-3-21-20(22-13-16(2)17-6-12-26-15-17)23-14-18(19-5-4-11-27-19)24-7-9-25-10-8-24;/h4-6,11-12,15-16,18H,3,7-10,13-14H2,1-2H3,(H2,21,22,23);1H. The van der Waals surface area contributed by atoms with Gasteiger partial charge in [0.15, 0.2) is 5.96 Å². The van der Waals surface area contributed by atoms with E-state index in [4.69, 9.17) is 9.73 Å². The zero-order valence-electron chi connectivity index (χ0n) is 16.6. The van der Waals surface area contributed by atoms with Crippen LogP contribution in [0.3, 0.4) is 0 Å². The molecule has 2 atom stereocenters. The van der Waals surface area contributed by atoms with Crippen LogP contribution in [0.5, 0.6) is 0 Å². The van der Waals surface area contributed by atoms with Crippen molar-refractivity contribution in [2.24, 2.45) is 4.99 Å². The molecule has 3 heterocycles. The van der Waals surface area contributed by atoms with E-state index in [-0.39, 0.29) is 24.0 Å². The van der Waals surface area contributed by atoms with Gasteiger partial charge in [0.1, 0.15) is 0 Å². The highest BCUT2D eigenvalue weighted by Crippen LogP contribution is 2.25. The van der Waals surface area contributed by atoms with E-state index in [0.717, 1.165) is 51.9 Å². The largest absolute Gasteiger partial charge is 0.379 e. The molecule has 1 saturated heterocycles. The number of guanidine groups is 1. The maximum absolute atomic E-state index is 5.54. The van der Waals surface area contributed by atoms with Crippen LogP contribution < -0.4 is 10.6 Å². The van der Waals surface area contributed by atoms with Crippen molar-refractivity contribution < 1.29 is 4.74 Å². The highest BCUT2D eigenvalue weighted by Gasteiger charge is 2.23. The first-order valence-electron chi connectivity index (χ1n) is 9.67. The molecule has 0 amide bonds. The van der Waals surface area contributed by atoms with Crippen molar-refractivity contribution in [1.82, 2.24) is 15.5 Å². The summed E-state index contributed by atoms with van der Waals surface area (Å²) in [6.07, 6.45) is 0. The minimum atomic E-state index is 0. The third kappa shape index (κ3) is 6.98. The zero-order valence-corrected chi connectivity index (χ0v) is 20.6. The summed E-state index contributed by atoms with van der Waals surface area (Å²) in [4.78, 5) is 8.74. The van der Waals surface area contributed by atoms with Crippen LogP contribution in [0.1, 0.15) is 36.2 Å². The molecule has 0 spiro atoms. The number of aliphatic imine (C=N–C) groups is 1. The summed E-state index contributed by atoms with van der Waals surface area (Å²) in [5.41, 5.74) is 1.37. The molecule has 0 aromatic carbocycles. The van der Waals surface area contributed by atoms with E-state index in [1.807, 2.05) is 11.3 Å². The number of halogens is 1. The first kappa shape index (κ1) is 23.6. The van der Waals surface area contributed by atoms with E-state index in [1.165, 1.54) is 10.4 Å². The second kappa shape index (κ2) is 12.8. The van der Waals surface area contributed by atoms with Gasteiger partial charge in [-0.25, -0.2) is 0 Å². The van der Waals surface area contributed by atoms with Crippen LogP contribution in [0.4, 0.5) is 0 Å². The summed E-state index contributed by atoms with van der Waals surface area (Å²) in [5, 5.41) is 13.5. The molecule has 156 valence electrons. The molecule has 0 saturated carbocycles. The number of morpholine rings is 1. The Labute approximate surface area is 193 Å². The molecule has 2 aromatic heterocycles. The molecular formula is C20H31IN4OS2. The molecule has 1 fully saturated rings. The lowest BCUT2D eigenvalue weighted by Crippen LogP contribution is -2.46. The monoisotopic (exact) mass is 534 g/mol. The van der Waals surface area contributed by atoms with Gasteiger partial charge in [0, 0.05) is 43.5 Å². The summed E-state index contributed by atoms with van der Waals surface area (Å²) in [5.74, 6) is 1.33. The van der Waals surface area contributed by atoms with Crippen LogP contribution in [0.2, 0.25) is 0 Å². The molecule has 8 heteroatoms. The fourth-order valence-corrected chi connectivity index (χ4v) is 4.85. The quantitative estimate of drug-likeness (QED) is 0.304. The van der Waals surface area contributed by atoms with Crippen LogP contribution in [0.15, 0.2) is 39.3 Å². The molecule has 0 bridgehead atoms. The van der Waals surface area contributed by atoms with Crippen molar-refractivity contribution >= 4 is 52.6 Å². The normalized spacial score (nSPS) is 17.6. The Kier molecular flexibility index (Phi) is 10.8. The first-order valence-corrected chi connectivity index (χ1v) is 11.5. The van der Waals surface area contributed by atoms with Gasteiger partial charge in [0.25, 0.3) is 0 Å². The molecule has 5 nitrogen and oxygen atoms in total. The first-order chi connectivity index (χ1) is 13.3. The van der Waals surface area contributed by atoms with Gasteiger partial charge in [-0.05, 0) is 40.8 Å². The minimum Gasteiger partial charge on any atom is -0.379 e. The van der Waals surface area contributed by atoms with E-state index in [1.54, 1.807) is 11.3 Å². The van der Waals surface area contributed by atoms with Crippen molar-refractivity contribution in [2.75, 3.05) is 45.9 Å². The highest BCUT2D eigenvalue weighted by molar-refractivity contribution is 14.0. The SMILES string of the molecule is CCNC(=NCC(C)c1ccsc1)NCC(c1cccs1)N1CCOCC1.I. The summed E-state index contributed by atoms with van der Waals surface area (Å²) in [6, 6.07) is 6.91. The number of rotatable bonds is 8. The van der Waals surface area contributed by atoms with Crippen molar-refractivity contribution in [3.8, 4) is 0 Å². The number of nitrogens with zero attached hydrogens (tertiary/aromatic N) is 2. The molecule has 3 rings (SSSR count). The van der Waals surface area contributed by atoms with Gasteiger partial charge >= 0.3 is 0 Å². The van der Waals surface area contributed by atoms with Gasteiger partial charge in [0.05, 0.1) is 19.3 Å². The van der Waals surface area contributed by atoms with Gasteiger partial charge in [-0.15, -0.1) is 35.3 Å². The second-order valence-electron chi connectivity index (χ2n) is 6.74. The zero-order chi connectivity index (χ0) is 18.9. The number of nitrogens with one attached hydrogen (secondary N) is 2. The van der Waals surface area contributed by atoms with E-state index < -0.39 is 0 Å². The number of ether oxygens (including phenoxy) is 1. The maximum Gasteiger partial charge on any atom is 0.191 e. The summed E-state index contributed by atoms with van der Waals surface area (Å²) < 4.78 is 5.54. The second-order valence-corrected chi connectivity index (χ2v) is 8.50. The van der Waals surface area contributed by atoms with Crippen molar-refractivity contribution in [2.45, 2.75) is 25.8 Å². The summed E-state index contributed by atoms with van der Waals surface area (Å²) >= 11 is 3.57. The Morgan fingerprint density at radius 2 is 2.07 bits per heavy atom.